The topological polar surface area (TPSA) is 49.9 Å². The molecule has 2 heteroatoms. The Morgan fingerprint density at radius 1 is 1.27 bits per heavy atom. The number of amidine groups is 1. The zero-order valence-electron chi connectivity index (χ0n) is 9.59. The molecule has 1 aromatic rings. The van der Waals surface area contributed by atoms with Crippen molar-refractivity contribution in [1.82, 2.24) is 0 Å². The van der Waals surface area contributed by atoms with Gasteiger partial charge in [-0.05, 0) is 24.3 Å². The van der Waals surface area contributed by atoms with Gasteiger partial charge in [0.1, 0.15) is 5.84 Å². The quantitative estimate of drug-likeness (QED) is 0.562. The molecule has 0 aromatic heterocycles. The molecule has 0 aliphatic heterocycles. The standard InChI is InChI=1S/C13H18N2/c1-9-4-6-10(7-5-9)13(11(14)15)8-12(13,2)3/h4-7H,8H2,1-3H3,(H3,14,15). The number of rotatable bonds is 2. The van der Waals surface area contributed by atoms with Gasteiger partial charge in [-0.1, -0.05) is 43.7 Å². The molecule has 80 valence electrons. The molecular formula is C13H18N2. The number of nitrogens with one attached hydrogen (secondary N) is 1. The normalized spacial score (nSPS) is 27.4. The zero-order chi connectivity index (χ0) is 11.3. The van der Waals surface area contributed by atoms with Crippen molar-refractivity contribution < 1.29 is 0 Å². The molecule has 2 nitrogen and oxygen atoms in total. The van der Waals surface area contributed by atoms with Gasteiger partial charge in [0.25, 0.3) is 0 Å². The van der Waals surface area contributed by atoms with Gasteiger partial charge in [-0.3, -0.25) is 5.41 Å². The summed E-state index contributed by atoms with van der Waals surface area (Å²) in [5, 5.41) is 7.78. The lowest BCUT2D eigenvalue weighted by molar-refractivity contribution is 0.577. The molecule has 1 aliphatic carbocycles. The number of benzene rings is 1. The van der Waals surface area contributed by atoms with Crippen LogP contribution in [-0.4, -0.2) is 5.84 Å². The monoisotopic (exact) mass is 202 g/mol. The number of hydrogen-bond donors (Lipinski definition) is 2. The first-order valence-corrected chi connectivity index (χ1v) is 5.32. The molecule has 1 aliphatic rings. The first-order chi connectivity index (χ1) is 6.90. The minimum Gasteiger partial charge on any atom is -0.387 e. The van der Waals surface area contributed by atoms with E-state index in [9.17, 15) is 0 Å². The lowest BCUT2D eigenvalue weighted by atomic mass is 9.86. The summed E-state index contributed by atoms with van der Waals surface area (Å²) in [4.78, 5) is 0. The Bertz CT molecular complexity index is 403. The third kappa shape index (κ3) is 1.28. The first-order valence-electron chi connectivity index (χ1n) is 5.32. The van der Waals surface area contributed by atoms with Crippen molar-refractivity contribution in [2.24, 2.45) is 11.1 Å². The Kier molecular flexibility index (Phi) is 1.94. The van der Waals surface area contributed by atoms with Crippen molar-refractivity contribution in [3.63, 3.8) is 0 Å². The van der Waals surface area contributed by atoms with Crippen LogP contribution in [0.25, 0.3) is 0 Å². The van der Waals surface area contributed by atoms with Gasteiger partial charge in [0.15, 0.2) is 0 Å². The van der Waals surface area contributed by atoms with E-state index in [0.29, 0.717) is 5.84 Å². The van der Waals surface area contributed by atoms with E-state index in [1.165, 1.54) is 11.1 Å². The van der Waals surface area contributed by atoms with Crippen molar-refractivity contribution in [2.75, 3.05) is 0 Å². The van der Waals surface area contributed by atoms with Gasteiger partial charge in [0.2, 0.25) is 0 Å². The van der Waals surface area contributed by atoms with Crippen molar-refractivity contribution in [1.29, 1.82) is 5.41 Å². The Balaban J connectivity index is 2.45. The number of aryl methyl sites for hydroxylation is 1. The molecule has 0 heterocycles. The third-order valence-electron chi connectivity index (χ3n) is 3.74. The summed E-state index contributed by atoms with van der Waals surface area (Å²) in [5.41, 5.74) is 8.12. The molecular weight excluding hydrogens is 184 g/mol. The summed E-state index contributed by atoms with van der Waals surface area (Å²) >= 11 is 0. The van der Waals surface area contributed by atoms with E-state index < -0.39 is 0 Å². The van der Waals surface area contributed by atoms with Crippen LogP contribution in [0.4, 0.5) is 0 Å². The Labute approximate surface area is 91.0 Å². The molecule has 1 saturated carbocycles. The highest BCUT2D eigenvalue weighted by molar-refractivity contribution is 5.93. The van der Waals surface area contributed by atoms with Crippen LogP contribution < -0.4 is 5.73 Å². The highest BCUT2D eigenvalue weighted by atomic mass is 14.8. The smallest absolute Gasteiger partial charge is 0.102 e. The molecule has 0 saturated heterocycles. The Morgan fingerprint density at radius 2 is 1.73 bits per heavy atom. The summed E-state index contributed by atoms with van der Waals surface area (Å²) in [5.74, 6) is 0.302. The van der Waals surface area contributed by atoms with E-state index in [2.05, 4.69) is 45.0 Å². The van der Waals surface area contributed by atoms with Crippen LogP contribution in [0.2, 0.25) is 0 Å². The van der Waals surface area contributed by atoms with Crippen molar-refractivity contribution in [2.45, 2.75) is 32.6 Å². The fourth-order valence-corrected chi connectivity index (χ4v) is 2.56. The van der Waals surface area contributed by atoms with E-state index in [0.717, 1.165) is 6.42 Å². The predicted molar refractivity (Wildman–Crippen MR) is 63.2 cm³/mol. The van der Waals surface area contributed by atoms with Gasteiger partial charge in [-0.15, -0.1) is 0 Å². The fourth-order valence-electron chi connectivity index (χ4n) is 2.56. The minimum absolute atomic E-state index is 0.133. The molecule has 0 radical (unpaired) electrons. The summed E-state index contributed by atoms with van der Waals surface area (Å²) < 4.78 is 0. The van der Waals surface area contributed by atoms with Crippen LogP contribution in [0.15, 0.2) is 24.3 Å². The Hall–Kier alpha value is -1.31. The van der Waals surface area contributed by atoms with Crippen LogP contribution in [-0.2, 0) is 5.41 Å². The van der Waals surface area contributed by atoms with Crippen LogP contribution in [0.1, 0.15) is 31.4 Å². The lowest BCUT2D eigenvalue weighted by Crippen LogP contribution is -2.32. The van der Waals surface area contributed by atoms with Crippen molar-refractivity contribution >= 4 is 5.84 Å². The highest BCUT2D eigenvalue weighted by Crippen LogP contribution is 2.64. The van der Waals surface area contributed by atoms with Crippen LogP contribution in [0.5, 0.6) is 0 Å². The van der Waals surface area contributed by atoms with Gasteiger partial charge in [-0.25, -0.2) is 0 Å². The Morgan fingerprint density at radius 3 is 2.07 bits per heavy atom. The molecule has 0 bridgehead atoms. The average molecular weight is 202 g/mol. The first kappa shape index (κ1) is 10.2. The van der Waals surface area contributed by atoms with Crippen molar-refractivity contribution in [3.8, 4) is 0 Å². The van der Waals surface area contributed by atoms with E-state index in [1.807, 2.05) is 0 Å². The largest absolute Gasteiger partial charge is 0.387 e. The zero-order valence-corrected chi connectivity index (χ0v) is 9.59. The molecule has 1 unspecified atom stereocenters. The second kappa shape index (κ2) is 2.84. The SMILES string of the molecule is Cc1ccc(C2(C(=N)N)CC2(C)C)cc1. The van der Waals surface area contributed by atoms with Gasteiger partial charge in [0.05, 0.1) is 5.41 Å². The molecule has 3 N–H and O–H groups in total. The second-order valence-electron chi connectivity index (χ2n) is 5.25. The predicted octanol–water partition coefficient (Wildman–Crippen LogP) is 2.60. The maximum absolute atomic E-state index is 7.78. The van der Waals surface area contributed by atoms with Crippen LogP contribution >= 0.6 is 0 Å². The summed E-state index contributed by atoms with van der Waals surface area (Å²) in [6.45, 7) is 6.42. The average Bonchev–Trinajstić information content (AvgIpc) is 2.72. The third-order valence-corrected chi connectivity index (χ3v) is 3.74. The van der Waals surface area contributed by atoms with Crippen LogP contribution in [0, 0.1) is 17.7 Å². The molecule has 1 aromatic carbocycles. The maximum atomic E-state index is 7.78. The van der Waals surface area contributed by atoms with Gasteiger partial charge in [0, 0.05) is 0 Å². The summed E-state index contributed by atoms with van der Waals surface area (Å²) in [6, 6.07) is 8.39. The van der Waals surface area contributed by atoms with E-state index in [1.54, 1.807) is 0 Å². The molecule has 0 spiro atoms. The van der Waals surface area contributed by atoms with Gasteiger partial charge in [-0.2, -0.15) is 0 Å². The van der Waals surface area contributed by atoms with Gasteiger partial charge < -0.3 is 5.73 Å². The molecule has 0 amide bonds. The molecule has 2 rings (SSSR count). The maximum Gasteiger partial charge on any atom is 0.102 e. The van der Waals surface area contributed by atoms with Crippen molar-refractivity contribution in [3.05, 3.63) is 35.4 Å². The fraction of sp³-hybridized carbons (Fsp3) is 0.462. The molecule has 1 atom stereocenters. The number of hydrogen-bond acceptors (Lipinski definition) is 1. The highest BCUT2D eigenvalue weighted by Gasteiger charge is 2.64. The van der Waals surface area contributed by atoms with E-state index in [4.69, 9.17) is 11.1 Å². The second-order valence-corrected chi connectivity index (χ2v) is 5.25. The molecule has 1 fully saturated rings. The lowest BCUT2D eigenvalue weighted by Gasteiger charge is -2.19. The molecule has 15 heavy (non-hydrogen) atoms. The van der Waals surface area contributed by atoms with Gasteiger partial charge >= 0.3 is 0 Å². The van der Waals surface area contributed by atoms with E-state index in [-0.39, 0.29) is 10.8 Å². The van der Waals surface area contributed by atoms with Crippen LogP contribution in [0.3, 0.4) is 0 Å². The summed E-state index contributed by atoms with van der Waals surface area (Å²) in [7, 11) is 0. The minimum atomic E-state index is -0.208. The summed E-state index contributed by atoms with van der Waals surface area (Å²) in [6.07, 6.45) is 0.985. The van der Waals surface area contributed by atoms with E-state index >= 15 is 0 Å². The number of nitrogens with two attached hydrogens (primary N) is 1.